The Labute approximate surface area is 110 Å². The Morgan fingerprint density at radius 2 is 2.00 bits per heavy atom. The summed E-state index contributed by atoms with van der Waals surface area (Å²) in [5, 5.41) is 23.5. The van der Waals surface area contributed by atoms with Crippen molar-refractivity contribution in [2.45, 2.75) is 44.8 Å². The molecule has 2 rings (SSSR count). The minimum atomic E-state index is -0.505. The number of hydrogen-bond acceptors (Lipinski definition) is 7. The van der Waals surface area contributed by atoms with Gasteiger partial charge in [0.2, 0.25) is 11.8 Å². The molecule has 1 heterocycles. The molecule has 1 fully saturated rings. The number of nitrogens with zero attached hydrogens (tertiary/aromatic N) is 3. The number of hydrogen-bond donors (Lipinski definition) is 3. The molecule has 0 unspecified atom stereocenters. The van der Waals surface area contributed by atoms with Gasteiger partial charge in [0.15, 0.2) is 0 Å². The van der Waals surface area contributed by atoms with Crippen LogP contribution < -0.4 is 11.1 Å². The molecule has 0 aliphatic heterocycles. The number of nitrogen functional groups attached to an aromatic ring is 1. The van der Waals surface area contributed by atoms with Gasteiger partial charge < -0.3 is 16.2 Å². The van der Waals surface area contributed by atoms with Gasteiger partial charge in [-0.1, -0.05) is 0 Å². The van der Waals surface area contributed by atoms with Gasteiger partial charge in [-0.25, -0.2) is 4.98 Å². The number of aliphatic hydroxyl groups is 1. The lowest BCUT2D eigenvalue weighted by molar-refractivity contribution is -0.385. The molecule has 19 heavy (non-hydrogen) atoms. The predicted molar refractivity (Wildman–Crippen MR) is 69.7 cm³/mol. The molecule has 1 aliphatic carbocycles. The van der Waals surface area contributed by atoms with Crippen LogP contribution in [0, 0.1) is 17.0 Å². The summed E-state index contributed by atoms with van der Waals surface area (Å²) in [5.41, 5.74) is 5.64. The molecule has 104 valence electrons. The standard InChI is InChI=1S/C11H17N5O3/c1-6-9(16(18)19)10(15-11(12)13-6)14-7-2-4-8(17)5-3-7/h7-8,17H,2-5H2,1H3,(H3,12,13,14,15). The van der Waals surface area contributed by atoms with E-state index < -0.39 is 4.92 Å². The Hall–Kier alpha value is -1.96. The van der Waals surface area contributed by atoms with E-state index in [1.807, 2.05) is 0 Å². The third kappa shape index (κ3) is 3.08. The number of nitro groups is 1. The van der Waals surface area contributed by atoms with E-state index in [4.69, 9.17) is 5.73 Å². The highest BCUT2D eigenvalue weighted by Gasteiger charge is 2.26. The summed E-state index contributed by atoms with van der Waals surface area (Å²) in [6.45, 7) is 1.53. The van der Waals surface area contributed by atoms with Gasteiger partial charge in [0.1, 0.15) is 5.69 Å². The lowest BCUT2D eigenvalue weighted by atomic mass is 9.93. The van der Waals surface area contributed by atoms with Gasteiger partial charge in [0, 0.05) is 6.04 Å². The van der Waals surface area contributed by atoms with Crippen LogP contribution >= 0.6 is 0 Å². The first-order valence-electron chi connectivity index (χ1n) is 6.20. The first-order valence-corrected chi connectivity index (χ1v) is 6.20. The van der Waals surface area contributed by atoms with E-state index in [1.165, 1.54) is 6.92 Å². The highest BCUT2D eigenvalue weighted by molar-refractivity contribution is 5.60. The van der Waals surface area contributed by atoms with Crippen LogP contribution in [0.15, 0.2) is 0 Å². The number of rotatable bonds is 3. The second-order valence-electron chi connectivity index (χ2n) is 4.77. The highest BCUT2D eigenvalue weighted by atomic mass is 16.6. The number of aryl methyl sites for hydroxylation is 1. The number of nitrogens with two attached hydrogens (primary N) is 1. The SMILES string of the molecule is Cc1nc(N)nc(NC2CCC(O)CC2)c1[N+](=O)[O-]. The average Bonchev–Trinajstić information content (AvgIpc) is 2.30. The van der Waals surface area contributed by atoms with Crippen molar-refractivity contribution < 1.29 is 10.0 Å². The second-order valence-corrected chi connectivity index (χ2v) is 4.77. The van der Waals surface area contributed by atoms with Crippen molar-refractivity contribution in [2.24, 2.45) is 0 Å². The smallest absolute Gasteiger partial charge is 0.332 e. The van der Waals surface area contributed by atoms with Crippen LogP contribution in [0.3, 0.4) is 0 Å². The molecular formula is C11H17N5O3. The van der Waals surface area contributed by atoms with Crippen molar-refractivity contribution in [1.82, 2.24) is 9.97 Å². The zero-order chi connectivity index (χ0) is 14.0. The monoisotopic (exact) mass is 267 g/mol. The summed E-state index contributed by atoms with van der Waals surface area (Å²) in [4.78, 5) is 18.3. The van der Waals surface area contributed by atoms with Gasteiger partial charge in [0.05, 0.1) is 11.0 Å². The Bertz CT molecular complexity index is 485. The van der Waals surface area contributed by atoms with E-state index in [0.717, 1.165) is 12.8 Å². The summed E-state index contributed by atoms with van der Waals surface area (Å²) >= 11 is 0. The zero-order valence-corrected chi connectivity index (χ0v) is 10.7. The highest BCUT2D eigenvalue weighted by Crippen LogP contribution is 2.29. The fraction of sp³-hybridized carbons (Fsp3) is 0.636. The van der Waals surface area contributed by atoms with Crippen molar-refractivity contribution in [3.63, 3.8) is 0 Å². The molecule has 0 atom stereocenters. The Morgan fingerprint density at radius 3 is 2.58 bits per heavy atom. The van der Waals surface area contributed by atoms with E-state index in [2.05, 4.69) is 15.3 Å². The van der Waals surface area contributed by atoms with Gasteiger partial charge >= 0.3 is 5.69 Å². The normalized spacial score (nSPS) is 23.1. The molecular weight excluding hydrogens is 250 g/mol. The van der Waals surface area contributed by atoms with Crippen LogP contribution in [0.2, 0.25) is 0 Å². The molecule has 0 radical (unpaired) electrons. The first-order chi connectivity index (χ1) is 8.97. The van der Waals surface area contributed by atoms with Crippen LogP contribution in [0.25, 0.3) is 0 Å². The van der Waals surface area contributed by atoms with Crippen molar-refractivity contribution >= 4 is 17.5 Å². The second kappa shape index (κ2) is 5.35. The maximum Gasteiger partial charge on any atom is 0.332 e. The molecule has 8 heteroatoms. The van der Waals surface area contributed by atoms with E-state index in [-0.39, 0.29) is 35.3 Å². The van der Waals surface area contributed by atoms with Gasteiger partial charge in [0.25, 0.3) is 0 Å². The lowest BCUT2D eigenvalue weighted by Gasteiger charge is -2.26. The first kappa shape index (κ1) is 13.5. The molecule has 0 saturated heterocycles. The van der Waals surface area contributed by atoms with E-state index in [9.17, 15) is 15.2 Å². The molecule has 1 aromatic rings. The fourth-order valence-corrected chi connectivity index (χ4v) is 2.32. The molecule has 0 amide bonds. The molecule has 1 aliphatic rings. The molecule has 1 aromatic heterocycles. The zero-order valence-electron chi connectivity index (χ0n) is 10.7. The van der Waals surface area contributed by atoms with E-state index >= 15 is 0 Å². The lowest BCUT2D eigenvalue weighted by Crippen LogP contribution is -2.29. The van der Waals surface area contributed by atoms with Gasteiger partial charge in [-0.3, -0.25) is 10.1 Å². The van der Waals surface area contributed by atoms with Crippen LogP contribution in [0.4, 0.5) is 17.5 Å². The third-order valence-electron chi connectivity index (χ3n) is 3.30. The molecule has 0 aromatic carbocycles. The molecule has 0 spiro atoms. The maximum absolute atomic E-state index is 11.1. The summed E-state index contributed by atoms with van der Waals surface area (Å²) in [5.74, 6) is 0.179. The van der Waals surface area contributed by atoms with Crippen LogP contribution in [0.5, 0.6) is 0 Å². The Kier molecular flexibility index (Phi) is 3.79. The number of nitrogens with one attached hydrogen (secondary N) is 1. The quantitative estimate of drug-likeness (QED) is 0.550. The predicted octanol–water partition coefficient (Wildman–Crippen LogP) is 0.991. The number of anilines is 2. The average molecular weight is 267 g/mol. The number of aromatic nitrogens is 2. The maximum atomic E-state index is 11.1. The van der Waals surface area contributed by atoms with Crippen molar-refractivity contribution in [3.8, 4) is 0 Å². The minimum absolute atomic E-state index is 0.0152. The van der Waals surface area contributed by atoms with Crippen LogP contribution in [-0.4, -0.2) is 32.1 Å². The largest absolute Gasteiger partial charge is 0.393 e. The summed E-state index contributed by atoms with van der Waals surface area (Å²) in [6, 6.07) is 0.0656. The van der Waals surface area contributed by atoms with Crippen LogP contribution in [0.1, 0.15) is 31.4 Å². The van der Waals surface area contributed by atoms with Gasteiger partial charge in [-0.2, -0.15) is 4.98 Å². The third-order valence-corrected chi connectivity index (χ3v) is 3.30. The summed E-state index contributed by atoms with van der Waals surface area (Å²) in [6.07, 6.45) is 2.60. The molecule has 1 saturated carbocycles. The van der Waals surface area contributed by atoms with Gasteiger partial charge in [-0.05, 0) is 32.6 Å². The van der Waals surface area contributed by atoms with E-state index in [1.54, 1.807) is 0 Å². The van der Waals surface area contributed by atoms with Crippen molar-refractivity contribution in [3.05, 3.63) is 15.8 Å². The molecule has 0 bridgehead atoms. The molecule has 8 nitrogen and oxygen atoms in total. The van der Waals surface area contributed by atoms with Crippen LogP contribution in [-0.2, 0) is 0 Å². The Morgan fingerprint density at radius 1 is 1.37 bits per heavy atom. The summed E-state index contributed by atoms with van der Waals surface area (Å²) < 4.78 is 0. The van der Waals surface area contributed by atoms with E-state index in [0.29, 0.717) is 12.8 Å². The topological polar surface area (TPSA) is 127 Å². The van der Waals surface area contributed by atoms with Crippen molar-refractivity contribution in [1.29, 1.82) is 0 Å². The number of aliphatic hydroxyl groups excluding tert-OH is 1. The Balaban J connectivity index is 2.21. The van der Waals surface area contributed by atoms with Gasteiger partial charge in [-0.15, -0.1) is 0 Å². The fourth-order valence-electron chi connectivity index (χ4n) is 2.32. The summed E-state index contributed by atoms with van der Waals surface area (Å²) in [7, 11) is 0. The minimum Gasteiger partial charge on any atom is -0.393 e. The van der Waals surface area contributed by atoms with Crippen molar-refractivity contribution in [2.75, 3.05) is 11.1 Å². The molecule has 4 N–H and O–H groups in total.